The molecule has 2 amide bonds. The molecular weight excluding hydrogens is 1820 g/mol. The molecule has 8 aromatic rings. The smallest absolute Gasteiger partial charge is 0.420 e. The largest absolute Gasteiger partial charge is 0.463 e. The monoisotopic (exact) mass is 1870 g/mol. The van der Waals surface area contributed by atoms with Crippen molar-refractivity contribution in [2.45, 2.75) is 51.9 Å². The van der Waals surface area contributed by atoms with Gasteiger partial charge in [-0.25, -0.2) is 76.1 Å². The van der Waals surface area contributed by atoms with Crippen LogP contribution in [0.2, 0.25) is 0 Å². The molecule has 4 atom stereocenters. The maximum Gasteiger partial charge on any atom is 0.420 e. The third kappa shape index (κ3) is 17.7. The van der Waals surface area contributed by atoms with Gasteiger partial charge in [0.05, 0.1) is 72.4 Å². The number of ether oxygens (including phenoxy) is 6. The highest BCUT2D eigenvalue weighted by atomic mass is 79.9. The molecule has 25 nitrogen and oxygen atoms in total. The Balaban J connectivity index is 0.000000143. The topological polar surface area (TPSA) is 310 Å². The second-order valence-corrected chi connectivity index (χ2v) is 29.7. The molecule has 560 valence electrons. The minimum Gasteiger partial charge on any atom is -0.463 e. The molecule has 0 saturated carbocycles. The lowest BCUT2D eigenvalue weighted by molar-refractivity contribution is -0.140. The standard InChI is InChI=1S/2C18H13BrFN3O4S.C17H14Br2FN3O2S.C17H15BrFN3O3S/c2*1-2-26-17(24)13-12-8-27-18(25)23(12)15(16-21-5-6-28-16)22-14(13)10-4-3-9(20)7-11(10)19;1-2-25-17(24)13-12(8-18)22-15(16-21-5-6-26-16)23-14(13)10-4-3-9(20)7-11(10)19;1-2-25-17(24)13-12(8-23)21-15(16-20-5-6-26-16)22-14(13)10-4-3-9(19)7-11(10)18/h2*3-7,14H,2,8H2,1H3;3-7,14H,2,8H2,1H3,(H,22,23);3-7,14,23H,2,8H2,1H3,(H,21,22). The van der Waals surface area contributed by atoms with Crippen LogP contribution in [0.4, 0.5) is 27.2 Å². The number of fused-ring (bicyclic) bond motifs is 2. The quantitative estimate of drug-likeness (QED) is 0.0311. The van der Waals surface area contributed by atoms with Gasteiger partial charge in [-0.15, -0.1) is 45.3 Å². The van der Waals surface area contributed by atoms with E-state index in [2.05, 4.69) is 130 Å². The van der Waals surface area contributed by atoms with Crippen LogP contribution in [0.3, 0.4) is 0 Å². The minimum atomic E-state index is -0.811. The van der Waals surface area contributed by atoms with Gasteiger partial charge in [-0.3, -0.25) is 20.0 Å². The van der Waals surface area contributed by atoms with Gasteiger partial charge in [0, 0.05) is 75.2 Å². The molecule has 14 rings (SSSR count). The van der Waals surface area contributed by atoms with Gasteiger partial charge < -0.3 is 44.2 Å². The predicted molar refractivity (Wildman–Crippen MR) is 410 cm³/mol. The average molecular weight is 1880 g/mol. The molecule has 4 unspecified atom stereocenters. The molecule has 0 aliphatic carbocycles. The first kappa shape index (κ1) is 80.2. The number of halogens is 9. The highest BCUT2D eigenvalue weighted by molar-refractivity contribution is 9.11. The summed E-state index contributed by atoms with van der Waals surface area (Å²) < 4.78 is 87.2. The lowest BCUT2D eigenvalue weighted by Gasteiger charge is -2.28. The Morgan fingerprint density at radius 2 is 0.769 bits per heavy atom. The Kier molecular flexibility index (Phi) is 27.1. The molecule has 0 bridgehead atoms. The first-order chi connectivity index (χ1) is 52.1. The van der Waals surface area contributed by atoms with E-state index in [0.29, 0.717) is 99.8 Å². The van der Waals surface area contributed by atoms with Crippen molar-refractivity contribution in [2.24, 2.45) is 20.0 Å². The molecule has 4 aromatic heterocycles. The summed E-state index contributed by atoms with van der Waals surface area (Å²) in [7, 11) is 0. The van der Waals surface area contributed by atoms with Crippen molar-refractivity contribution in [1.82, 2.24) is 40.4 Å². The molecule has 0 radical (unpaired) electrons. The van der Waals surface area contributed by atoms with Crippen LogP contribution >= 0.6 is 125 Å². The van der Waals surface area contributed by atoms with E-state index < -0.39 is 84.3 Å². The summed E-state index contributed by atoms with van der Waals surface area (Å²) in [5.41, 5.74) is 4.93. The van der Waals surface area contributed by atoms with Crippen LogP contribution in [0, 0.1) is 23.3 Å². The van der Waals surface area contributed by atoms with E-state index in [1.807, 2.05) is 5.38 Å². The summed E-state index contributed by atoms with van der Waals surface area (Å²) in [6.07, 6.45) is 5.24. The van der Waals surface area contributed by atoms with Gasteiger partial charge in [0.25, 0.3) is 0 Å². The molecule has 3 N–H and O–H groups in total. The van der Waals surface area contributed by atoms with Gasteiger partial charge in [0.1, 0.15) is 60.7 Å². The Morgan fingerprint density at radius 3 is 1.06 bits per heavy atom. The Hall–Kier alpha value is -8.86. The SMILES string of the molecule is CCOC(=O)C1=C(CBr)NC(c2nccs2)=NC1c1ccc(F)cc1Br.CCOC(=O)C1=C(CO)NC(c2nccs2)=NC1c1ccc(F)cc1Br.CCOC(=O)C1=C2COC(=O)N2C(c2nccs2)=NC1c1ccc(F)cc1Br.CCOC(=O)C1=C2COC(=O)N2C(c2nccs2)=NC1c1ccc(F)cc1Br. The minimum absolute atomic E-state index is 0.0906. The van der Waals surface area contributed by atoms with Crippen LogP contribution in [0.1, 0.15) is 94.1 Å². The maximum atomic E-state index is 13.6. The molecule has 38 heteroatoms. The number of aromatic nitrogens is 4. The Labute approximate surface area is 670 Å². The fraction of sp³-hybridized carbons (Fsp3) is 0.229. The number of amidine groups is 4. The fourth-order valence-corrected chi connectivity index (χ4v) is 16.4. The second kappa shape index (κ2) is 36.6. The van der Waals surface area contributed by atoms with Gasteiger partial charge >= 0.3 is 36.1 Å². The van der Waals surface area contributed by atoms with E-state index in [-0.39, 0.29) is 79.5 Å². The first-order valence-electron chi connectivity index (χ1n) is 32.1. The number of aliphatic imine (C=N–C) groups is 4. The second-order valence-electron chi connectivity index (χ2n) is 22.2. The molecule has 108 heavy (non-hydrogen) atoms. The number of hydrogen-bond acceptors (Lipinski definition) is 27. The van der Waals surface area contributed by atoms with Gasteiger partial charge in [-0.05, 0) is 98.5 Å². The maximum absolute atomic E-state index is 13.6. The molecular formula is C70H55Br5F4N12O13S4. The van der Waals surface area contributed by atoms with Crippen molar-refractivity contribution >= 4 is 184 Å². The number of carbonyl (C=O) groups is 6. The number of esters is 4. The predicted octanol–water partition coefficient (Wildman–Crippen LogP) is 14.9. The number of amides is 2. The number of nitrogens with zero attached hydrogens (tertiary/aromatic N) is 10. The van der Waals surface area contributed by atoms with E-state index in [9.17, 15) is 51.4 Å². The lowest BCUT2D eigenvalue weighted by Crippen LogP contribution is -2.37. The number of hydrogen-bond donors (Lipinski definition) is 3. The number of rotatable bonds is 18. The summed E-state index contributed by atoms with van der Waals surface area (Å²) in [5.74, 6) is -2.36. The van der Waals surface area contributed by atoms with E-state index in [0.717, 1.165) is 0 Å². The van der Waals surface area contributed by atoms with E-state index in [1.54, 1.807) is 92.9 Å². The molecule has 6 aliphatic rings. The summed E-state index contributed by atoms with van der Waals surface area (Å²) >= 11 is 22.2. The van der Waals surface area contributed by atoms with E-state index in [4.69, 9.17) is 28.4 Å². The average Bonchev–Trinajstić information content (AvgIpc) is 1.53. The molecule has 2 saturated heterocycles. The number of aliphatic hydroxyl groups excluding tert-OH is 1. The fourth-order valence-electron chi connectivity index (χ4n) is 11.2. The summed E-state index contributed by atoms with van der Waals surface area (Å²) in [5, 5.41) is 25.8. The summed E-state index contributed by atoms with van der Waals surface area (Å²) in [6, 6.07) is 13.7. The molecule has 4 aromatic carbocycles. The number of alkyl halides is 1. The zero-order valence-corrected chi connectivity index (χ0v) is 67.6. The number of allylic oxidation sites excluding steroid dienone is 1. The third-order valence-corrected chi connectivity index (χ3v) is 22.1. The van der Waals surface area contributed by atoms with E-state index >= 15 is 0 Å². The van der Waals surface area contributed by atoms with E-state index in [1.165, 1.54) is 104 Å². The van der Waals surface area contributed by atoms with Crippen molar-refractivity contribution < 1.29 is 79.9 Å². The van der Waals surface area contributed by atoms with Crippen LogP contribution in [0.5, 0.6) is 0 Å². The van der Waals surface area contributed by atoms with Gasteiger partial charge in [-0.2, -0.15) is 0 Å². The zero-order valence-electron chi connectivity index (χ0n) is 56.4. The van der Waals surface area contributed by atoms with Gasteiger partial charge in [0.15, 0.2) is 43.4 Å². The lowest BCUT2D eigenvalue weighted by atomic mass is 9.95. The van der Waals surface area contributed by atoms with Crippen molar-refractivity contribution in [1.29, 1.82) is 0 Å². The third-order valence-electron chi connectivity index (χ3n) is 15.7. The number of cyclic esters (lactones) is 2. The van der Waals surface area contributed by atoms with Crippen molar-refractivity contribution in [3.63, 3.8) is 0 Å². The number of thiazole rings is 4. The van der Waals surface area contributed by atoms with Crippen molar-refractivity contribution in [3.05, 3.63) is 248 Å². The normalized spacial score (nSPS) is 17.8. The van der Waals surface area contributed by atoms with Crippen molar-refractivity contribution in [3.8, 4) is 0 Å². The number of nitrogens with one attached hydrogen (secondary N) is 2. The molecule has 6 aliphatic heterocycles. The van der Waals surface area contributed by atoms with Crippen LogP contribution in [-0.4, -0.2) is 146 Å². The molecule has 0 spiro atoms. The Bertz CT molecular complexity index is 4740. The summed E-state index contributed by atoms with van der Waals surface area (Å²) in [4.78, 5) is 113. The van der Waals surface area contributed by atoms with Crippen LogP contribution in [-0.2, 0) is 47.6 Å². The highest BCUT2D eigenvalue weighted by Crippen LogP contribution is 2.45. The number of benzene rings is 4. The van der Waals surface area contributed by atoms with Crippen LogP contribution < -0.4 is 10.6 Å². The molecule has 2 fully saturated rings. The van der Waals surface area contributed by atoms with Gasteiger partial charge in [-0.1, -0.05) is 104 Å². The number of aliphatic hydroxyl groups is 1. The van der Waals surface area contributed by atoms with Gasteiger partial charge in [0.2, 0.25) is 0 Å². The number of carbonyl (C=O) groups excluding carboxylic acids is 6. The van der Waals surface area contributed by atoms with Crippen molar-refractivity contribution in [2.75, 3.05) is 51.6 Å². The highest BCUT2D eigenvalue weighted by Gasteiger charge is 2.47. The van der Waals surface area contributed by atoms with Crippen LogP contribution in [0.25, 0.3) is 0 Å². The Morgan fingerprint density at radius 1 is 0.472 bits per heavy atom. The zero-order chi connectivity index (χ0) is 77.0. The molecule has 10 heterocycles. The first-order valence-corrected chi connectivity index (χ1v) is 39.9. The summed E-state index contributed by atoms with van der Waals surface area (Å²) in [6.45, 7) is 6.97. The van der Waals surface area contributed by atoms with Crippen LogP contribution in [0.15, 0.2) is 202 Å².